The lowest BCUT2D eigenvalue weighted by molar-refractivity contribution is 0.121. The minimum absolute atomic E-state index is 0.00558. The summed E-state index contributed by atoms with van der Waals surface area (Å²) in [4.78, 5) is 14.5. The summed E-state index contributed by atoms with van der Waals surface area (Å²) in [6.07, 6.45) is 9.38. The van der Waals surface area contributed by atoms with Crippen LogP contribution in [-0.4, -0.2) is 53.9 Å². The Morgan fingerprint density at radius 2 is 1.86 bits per heavy atom. The standard InChI is InChI=1S/C16H31N3O2/c1-2-13(12-20)17-16(21)18-14-6-8-15(9-7-14)19-10-4-3-5-11-19/h13-15,20H,2-12H2,1H3,(H2,17,18,21)/t13-,14?,15?/m1/s1. The second-order valence-electron chi connectivity index (χ2n) is 6.51. The van der Waals surface area contributed by atoms with Crippen molar-refractivity contribution in [3.05, 3.63) is 0 Å². The van der Waals surface area contributed by atoms with Gasteiger partial charge in [-0.25, -0.2) is 4.79 Å². The Labute approximate surface area is 128 Å². The Morgan fingerprint density at radius 3 is 2.43 bits per heavy atom. The number of urea groups is 1. The van der Waals surface area contributed by atoms with Crippen molar-refractivity contribution in [2.24, 2.45) is 0 Å². The largest absolute Gasteiger partial charge is 0.394 e. The van der Waals surface area contributed by atoms with E-state index in [1.165, 1.54) is 45.2 Å². The third-order valence-corrected chi connectivity index (χ3v) is 4.99. The third-order valence-electron chi connectivity index (χ3n) is 4.99. The molecule has 2 amide bonds. The van der Waals surface area contributed by atoms with Gasteiger partial charge in [-0.15, -0.1) is 0 Å². The number of hydrogen-bond donors (Lipinski definition) is 3. The molecule has 21 heavy (non-hydrogen) atoms. The maximum atomic E-state index is 11.9. The molecule has 5 heteroatoms. The second kappa shape index (κ2) is 8.59. The van der Waals surface area contributed by atoms with Crippen molar-refractivity contribution in [3.8, 4) is 0 Å². The van der Waals surface area contributed by atoms with Gasteiger partial charge < -0.3 is 20.6 Å². The van der Waals surface area contributed by atoms with Crippen molar-refractivity contribution in [3.63, 3.8) is 0 Å². The molecule has 5 nitrogen and oxygen atoms in total. The summed E-state index contributed by atoms with van der Waals surface area (Å²) >= 11 is 0. The van der Waals surface area contributed by atoms with E-state index >= 15 is 0 Å². The number of carbonyl (C=O) groups excluding carboxylic acids is 1. The molecular weight excluding hydrogens is 266 g/mol. The Kier molecular flexibility index (Phi) is 6.77. The summed E-state index contributed by atoms with van der Waals surface area (Å²) in [5, 5.41) is 15.0. The minimum atomic E-state index is -0.130. The maximum absolute atomic E-state index is 11.9. The lowest BCUT2D eigenvalue weighted by atomic mass is 9.89. The fourth-order valence-electron chi connectivity index (χ4n) is 3.56. The summed E-state index contributed by atoms with van der Waals surface area (Å²) in [6.45, 7) is 4.49. The van der Waals surface area contributed by atoms with Crippen LogP contribution >= 0.6 is 0 Å². The van der Waals surface area contributed by atoms with Crippen LogP contribution in [0.5, 0.6) is 0 Å². The number of carbonyl (C=O) groups is 1. The van der Waals surface area contributed by atoms with E-state index in [2.05, 4.69) is 15.5 Å². The van der Waals surface area contributed by atoms with Crippen molar-refractivity contribution in [1.29, 1.82) is 0 Å². The minimum Gasteiger partial charge on any atom is -0.394 e. The van der Waals surface area contributed by atoms with Gasteiger partial charge in [-0.2, -0.15) is 0 Å². The van der Waals surface area contributed by atoms with Gasteiger partial charge in [0.05, 0.1) is 12.6 Å². The van der Waals surface area contributed by atoms with E-state index in [9.17, 15) is 4.79 Å². The van der Waals surface area contributed by atoms with Crippen molar-refractivity contribution in [2.75, 3.05) is 19.7 Å². The Balaban J connectivity index is 1.67. The molecule has 1 aliphatic carbocycles. The fourth-order valence-corrected chi connectivity index (χ4v) is 3.56. The molecule has 3 N–H and O–H groups in total. The predicted molar refractivity (Wildman–Crippen MR) is 84.3 cm³/mol. The Bertz CT molecular complexity index is 307. The summed E-state index contributed by atoms with van der Waals surface area (Å²) < 4.78 is 0. The number of amides is 2. The topological polar surface area (TPSA) is 64.6 Å². The van der Waals surface area contributed by atoms with E-state index in [1.54, 1.807) is 0 Å². The summed E-state index contributed by atoms with van der Waals surface area (Å²) in [7, 11) is 0. The Morgan fingerprint density at radius 1 is 1.19 bits per heavy atom. The predicted octanol–water partition coefficient (Wildman–Crippen LogP) is 1.85. The number of piperidine rings is 1. The zero-order valence-corrected chi connectivity index (χ0v) is 13.3. The van der Waals surface area contributed by atoms with Gasteiger partial charge in [-0.05, 0) is 58.0 Å². The van der Waals surface area contributed by atoms with Gasteiger partial charge in [0, 0.05) is 12.1 Å². The van der Waals surface area contributed by atoms with Crippen LogP contribution in [0.1, 0.15) is 58.3 Å². The molecule has 2 aliphatic rings. The number of likely N-dealkylation sites (tertiary alicyclic amines) is 1. The van der Waals surface area contributed by atoms with Gasteiger partial charge in [0.2, 0.25) is 0 Å². The zero-order chi connectivity index (χ0) is 15.1. The first-order valence-corrected chi connectivity index (χ1v) is 8.64. The number of nitrogens with one attached hydrogen (secondary N) is 2. The van der Waals surface area contributed by atoms with E-state index in [-0.39, 0.29) is 18.7 Å². The number of aliphatic hydroxyl groups excluding tert-OH is 1. The number of hydrogen-bond acceptors (Lipinski definition) is 3. The lowest BCUT2D eigenvalue weighted by Crippen LogP contribution is -2.50. The molecule has 2 fully saturated rings. The highest BCUT2D eigenvalue weighted by atomic mass is 16.3. The molecule has 1 saturated heterocycles. The SMILES string of the molecule is CC[C@H](CO)NC(=O)NC1CCC(N2CCCCC2)CC1. The first-order chi connectivity index (χ1) is 10.2. The van der Waals surface area contributed by atoms with E-state index in [0.717, 1.165) is 25.3 Å². The molecule has 0 unspecified atom stereocenters. The number of rotatable bonds is 5. The van der Waals surface area contributed by atoms with Gasteiger partial charge >= 0.3 is 6.03 Å². The van der Waals surface area contributed by atoms with E-state index < -0.39 is 0 Å². The molecule has 0 aromatic carbocycles. The molecule has 2 rings (SSSR count). The lowest BCUT2D eigenvalue weighted by Gasteiger charge is -2.39. The van der Waals surface area contributed by atoms with Crippen LogP contribution in [0.25, 0.3) is 0 Å². The molecule has 0 aromatic heterocycles. The molecule has 1 saturated carbocycles. The average Bonchev–Trinajstić information content (AvgIpc) is 2.54. The molecule has 0 bridgehead atoms. The van der Waals surface area contributed by atoms with Crippen LogP contribution in [0.15, 0.2) is 0 Å². The molecular formula is C16H31N3O2. The molecule has 0 aromatic rings. The fraction of sp³-hybridized carbons (Fsp3) is 0.938. The van der Waals surface area contributed by atoms with Crippen LogP contribution in [0, 0.1) is 0 Å². The van der Waals surface area contributed by atoms with Crippen LogP contribution < -0.4 is 10.6 Å². The summed E-state index contributed by atoms with van der Waals surface area (Å²) in [6, 6.07) is 0.765. The molecule has 0 radical (unpaired) electrons. The highest BCUT2D eigenvalue weighted by molar-refractivity contribution is 5.74. The highest BCUT2D eigenvalue weighted by Crippen LogP contribution is 2.25. The number of aliphatic hydroxyl groups is 1. The van der Waals surface area contributed by atoms with Crippen LogP contribution in [0.4, 0.5) is 4.79 Å². The molecule has 0 spiro atoms. The van der Waals surface area contributed by atoms with Crippen LogP contribution in [0.2, 0.25) is 0 Å². The normalized spacial score (nSPS) is 28.9. The average molecular weight is 297 g/mol. The van der Waals surface area contributed by atoms with E-state index in [4.69, 9.17) is 5.11 Å². The van der Waals surface area contributed by atoms with Gasteiger partial charge in [0.1, 0.15) is 0 Å². The van der Waals surface area contributed by atoms with Crippen molar-refractivity contribution in [2.45, 2.75) is 76.4 Å². The van der Waals surface area contributed by atoms with Crippen molar-refractivity contribution < 1.29 is 9.90 Å². The molecule has 1 aliphatic heterocycles. The van der Waals surface area contributed by atoms with Crippen molar-refractivity contribution >= 4 is 6.03 Å². The highest BCUT2D eigenvalue weighted by Gasteiger charge is 2.27. The first kappa shape index (κ1) is 16.6. The molecule has 122 valence electrons. The van der Waals surface area contributed by atoms with Crippen LogP contribution in [-0.2, 0) is 0 Å². The quantitative estimate of drug-likeness (QED) is 0.725. The van der Waals surface area contributed by atoms with Crippen LogP contribution in [0.3, 0.4) is 0 Å². The monoisotopic (exact) mass is 297 g/mol. The molecule has 1 atom stereocenters. The van der Waals surface area contributed by atoms with Gasteiger partial charge in [-0.1, -0.05) is 13.3 Å². The second-order valence-corrected chi connectivity index (χ2v) is 6.51. The zero-order valence-electron chi connectivity index (χ0n) is 13.3. The first-order valence-electron chi connectivity index (χ1n) is 8.64. The smallest absolute Gasteiger partial charge is 0.315 e. The van der Waals surface area contributed by atoms with Crippen molar-refractivity contribution in [1.82, 2.24) is 15.5 Å². The summed E-state index contributed by atoms with van der Waals surface area (Å²) in [5.74, 6) is 0. The van der Waals surface area contributed by atoms with E-state index in [1.807, 2.05) is 6.92 Å². The summed E-state index contributed by atoms with van der Waals surface area (Å²) in [5.41, 5.74) is 0. The van der Waals surface area contributed by atoms with E-state index in [0.29, 0.717) is 6.04 Å². The molecule has 1 heterocycles. The Hall–Kier alpha value is -0.810. The maximum Gasteiger partial charge on any atom is 0.315 e. The van der Waals surface area contributed by atoms with Gasteiger partial charge in [0.15, 0.2) is 0 Å². The third kappa shape index (κ3) is 5.15. The number of nitrogens with zero attached hydrogens (tertiary/aromatic N) is 1. The van der Waals surface area contributed by atoms with Gasteiger partial charge in [-0.3, -0.25) is 0 Å². The van der Waals surface area contributed by atoms with Gasteiger partial charge in [0.25, 0.3) is 0 Å².